The standard InChI is InChI=1S/C17H23N3O4/c1-17(2,3)24-16(23)18-10-14(21)15(22)12-9-19-20(11-12)13-7-5-4-6-8-13/h4-9,11,14-15,21-22H,10H2,1-3H3,(H,18,23). The van der Waals surface area contributed by atoms with Crippen molar-refractivity contribution in [3.8, 4) is 5.69 Å². The van der Waals surface area contributed by atoms with Crippen molar-refractivity contribution < 1.29 is 19.7 Å². The second-order valence-electron chi connectivity index (χ2n) is 6.45. The Balaban J connectivity index is 1.93. The lowest BCUT2D eigenvalue weighted by Gasteiger charge is -2.21. The zero-order valence-corrected chi connectivity index (χ0v) is 14.0. The van der Waals surface area contributed by atoms with Crippen LogP contribution in [0.15, 0.2) is 42.7 Å². The van der Waals surface area contributed by atoms with Gasteiger partial charge in [-0.15, -0.1) is 0 Å². The Morgan fingerprint density at radius 3 is 2.58 bits per heavy atom. The van der Waals surface area contributed by atoms with Crippen LogP contribution in [0.4, 0.5) is 4.79 Å². The van der Waals surface area contributed by atoms with Gasteiger partial charge in [-0.1, -0.05) is 18.2 Å². The summed E-state index contributed by atoms with van der Waals surface area (Å²) >= 11 is 0. The number of rotatable bonds is 5. The summed E-state index contributed by atoms with van der Waals surface area (Å²) < 4.78 is 6.68. The summed E-state index contributed by atoms with van der Waals surface area (Å²) in [4.78, 5) is 11.6. The number of carbonyl (C=O) groups is 1. The highest BCUT2D eigenvalue weighted by atomic mass is 16.6. The van der Waals surface area contributed by atoms with Crippen molar-refractivity contribution in [3.05, 3.63) is 48.3 Å². The molecule has 7 nitrogen and oxygen atoms in total. The molecular formula is C17H23N3O4. The van der Waals surface area contributed by atoms with Crippen LogP contribution in [0.2, 0.25) is 0 Å². The fraction of sp³-hybridized carbons (Fsp3) is 0.412. The van der Waals surface area contributed by atoms with Crippen molar-refractivity contribution in [2.24, 2.45) is 0 Å². The number of hydrogen-bond acceptors (Lipinski definition) is 5. The van der Waals surface area contributed by atoms with E-state index in [0.717, 1.165) is 5.69 Å². The summed E-state index contributed by atoms with van der Waals surface area (Å²) in [6.45, 7) is 5.11. The summed E-state index contributed by atoms with van der Waals surface area (Å²) in [6.07, 6.45) is 0.127. The Morgan fingerprint density at radius 1 is 1.29 bits per heavy atom. The molecule has 1 heterocycles. The molecule has 24 heavy (non-hydrogen) atoms. The number of para-hydroxylation sites is 1. The number of benzene rings is 1. The van der Waals surface area contributed by atoms with E-state index in [2.05, 4.69) is 10.4 Å². The van der Waals surface area contributed by atoms with Gasteiger partial charge in [-0.05, 0) is 32.9 Å². The molecule has 2 aromatic rings. The van der Waals surface area contributed by atoms with E-state index in [4.69, 9.17) is 4.74 Å². The zero-order valence-electron chi connectivity index (χ0n) is 14.0. The molecule has 1 aromatic carbocycles. The molecule has 0 spiro atoms. The van der Waals surface area contributed by atoms with Crippen LogP contribution in [-0.4, -0.2) is 44.3 Å². The Bertz CT molecular complexity index is 664. The highest BCUT2D eigenvalue weighted by Crippen LogP contribution is 2.18. The van der Waals surface area contributed by atoms with E-state index in [1.165, 1.54) is 6.20 Å². The topological polar surface area (TPSA) is 96.6 Å². The third kappa shape index (κ3) is 5.07. The molecular weight excluding hydrogens is 310 g/mol. The largest absolute Gasteiger partial charge is 0.444 e. The number of hydrogen-bond donors (Lipinski definition) is 3. The van der Waals surface area contributed by atoms with Crippen molar-refractivity contribution in [1.82, 2.24) is 15.1 Å². The van der Waals surface area contributed by atoms with Crippen LogP contribution >= 0.6 is 0 Å². The van der Waals surface area contributed by atoms with Crippen molar-refractivity contribution >= 4 is 6.09 Å². The van der Waals surface area contributed by atoms with E-state index in [-0.39, 0.29) is 6.54 Å². The first-order valence-corrected chi connectivity index (χ1v) is 7.69. The van der Waals surface area contributed by atoms with Gasteiger partial charge in [0.1, 0.15) is 17.8 Å². The van der Waals surface area contributed by atoms with Crippen LogP contribution in [0.1, 0.15) is 32.4 Å². The van der Waals surface area contributed by atoms with Crippen molar-refractivity contribution in [2.75, 3.05) is 6.54 Å². The minimum atomic E-state index is -1.18. The van der Waals surface area contributed by atoms with Gasteiger partial charge in [0.15, 0.2) is 0 Å². The second kappa shape index (κ2) is 7.46. The van der Waals surface area contributed by atoms with Crippen LogP contribution in [0.5, 0.6) is 0 Å². The molecule has 3 N–H and O–H groups in total. The molecule has 0 aliphatic rings. The molecule has 1 aromatic heterocycles. The number of alkyl carbamates (subject to hydrolysis) is 1. The van der Waals surface area contributed by atoms with Gasteiger partial charge < -0.3 is 20.3 Å². The van der Waals surface area contributed by atoms with E-state index in [1.807, 2.05) is 30.3 Å². The highest BCUT2D eigenvalue weighted by molar-refractivity contribution is 5.67. The Labute approximate surface area is 140 Å². The molecule has 0 fully saturated rings. The summed E-state index contributed by atoms with van der Waals surface area (Å²) in [5, 5.41) is 26.8. The van der Waals surface area contributed by atoms with Crippen molar-refractivity contribution in [3.63, 3.8) is 0 Å². The molecule has 7 heteroatoms. The molecule has 0 aliphatic carbocycles. The first-order valence-electron chi connectivity index (χ1n) is 7.69. The second-order valence-corrected chi connectivity index (χ2v) is 6.45. The number of nitrogens with one attached hydrogen (secondary N) is 1. The SMILES string of the molecule is CC(C)(C)OC(=O)NCC(O)C(O)c1cnn(-c2ccccc2)c1. The summed E-state index contributed by atoms with van der Waals surface area (Å²) in [7, 11) is 0. The van der Waals surface area contributed by atoms with Gasteiger partial charge in [-0.3, -0.25) is 0 Å². The number of amides is 1. The zero-order chi connectivity index (χ0) is 17.7. The van der Waals surface area contributed by atoms with Crippen molar-refractivity contribution in [1.29, 1.82) is 0 Å². The number of aliphatic hydroxyl groups excluding tert-OH is 2. The Kier molecular flexibility index (Phi) is 5.58. The van der Waals surface area contributed by atoms with Gasteiger partial charge in [0.05, 0.1) is 11.9 Å². The number of aliphatic hydroxyl groups is 2. The van der Waals surface area contributed by atoms with E-state index in [1.54, 1.807) is 31.6 Å². The number of carbonyl (C=O) groups excluding carboxylic acids is 1. The summed E-state index contributed by atoms with van der Waals surface area (Å²) in [5.41, 5.74) is 0.680. The van der Waals surface area contributed by atoms with Gasteiger partial charge in [0, 0.05) is 18.3 Å². The van der Waals surface area contributed by atoms with E-state index in [9.17, 15) is 15.0 Å². The third-order valence-corrected chi connectivity index (χ3v) is 3.18. The fourth-order valence-corrected chi connectivity index (χ4v) is 2.05. The molecule has 0 bridgehead atoms. The number of aromatic nitrogens is 2. The third-order valence-electron chi connectivity index (χ3n) is 3.18. The fourth-order valence-electron chi connectivity index (χ4n) is 2.05. The van der Waals surface area contributed by atoms with Crippen LogP contribution in [-0.2, 0) is 4.74 Å². The molecule has 130 valence electrons. The van der Waals surface area contributed by atoms with E-state index >= 15 is 0 Å². The van der Waals surface area contributed by atoms with Crippen LogP contribution in [0.3, 0.4) is 0 Å². The maximum Gasteiger partial charge on any atom is 0.407 e. The lowest BCUT2D eigenvalue weighted by molar-refractivity contribution is 0.0129. The predicted octanol–water partition coefficient (Wildman–Crippen LogP) is 1.79. The first kappa shape index (κ1) is 18.0. The van der Waals surface area contributed by atoms with E-state index in [0.29, 0.717) is 5.56 Å². The average molecular weight is 333 g/mol. The Morgan fingerprint density at radius 2 is 1.96 bits per heavy atom. The Hall–Kier alpha value is -2.38. The molecule has 0 aliphatic heterocycles. The van der Waals surface area contributed by atoms with Crippen LogP contribution in [0.25, 0.3) is 5.69 Å². The molecule has 0 saturated heterocycles. The molecule has 1 amide bonds. The maximum absolute atomic E-state index is 11.6. The number of ether oxygens (including phenoxy) is 1. The lowest BCUT2D eigenvalue weighted by Crippen LogP contribution is -2.38. The molecule has 2 unspecified atom stereocenters. The summed E-state index contributed by atoms with van der Waals surface area (Å²) in [6, 6.07) is 9.42. The quantitative estimate of drug-likeness (QED) is 0.775. The smallest absolute Gasteiger partial charge is 0.407 e. The van der Waals surface area contributed by atoms with Crippen LogP contribution < -0.4 is 5.32 Å². The van der Waals surface area contributed by atoms with Gasteiger partial charge in [0.25, 0.3) is 0 Å². The van der Waals surface area contributed by atoms with Gasteiger partial charge in [-0.25, -0.2) is 9.48 Å². The highest BCUT2D eigenvalue weighted by Gasteiger charge is 2.22. The molecule has 2 rings (SSSR count). The molecule has 0 saturated carbocycles. The predicted molar refractivity (Wildman–Crippen MR) is 88.8 cm³/mol. The van der Waals surface area contributed by atoms with Gasteiger partial charge >= 0.3 is 6.09 Å². The molecule has 2 atom stereocenters. The van der Waals surface area contributed by atoms with Crippen LogP contribution in [0, 0.1) is 0 Å². The van der Waals surface area contributed by atoms with Crippen molar-refractivity contribution in [2.45, 2.75) is 38.6 Å². The maximum atomic E-state index is 11.6. The van der Waals surface area contributed by atoms with Gasteiger partial charge in [0.2, 0.25) is 0 Å². The van der Waals surface area contributed by atoms with Gasteiger partial charge in [-0.2, -0.15) is 5.10 Å². The summed E-state index contributed by atoms with van der Waals surface area (Å²) in [5.74, 6) is 0. The molecule has 0 radical (unpaired) electrons. The minimum absolute atomic E-state index is 0.132. The first-order chi connectivity index (χ1) is 11.3. The lowest BCUT2D eigenvalue weighted by atomic mass is 10.1. The minimum Gasteiger partial charge on any atom is -0.444 e. The normalized spacial score (nSPS) is 14.0. The average Bonchev–Trinajstić information content (AvgIpc) is 3.01. The monoisotopic (exact) mass is 333 g/mol. The number of nitrogens with zero attached hydrogens (tertiary/aromatic N) is 2. The van der Waals surface area contributed by atoms with E-state index < -0.39 is 23.9 Å².